The molecular weight excluding hydrogens is 152 g/mol. The van der Waals surface area contributed by atoms with Gasteiger partial charge in [0.2, 0.25) is 0 Å². The summed E-state index contributed by atoms with van der Waals surface area (Å²) in [7, 11) is 0. The second kappa shape index (κ2) is 4.26. The normalized spacial score (nSPS) is 11.1. The van der Waals surface area contributed by atoms with Crippen LogP contribution in [0.1, 0.15) is 12.8 Å². The molecule has 11 heavy (non-hydrogen) atoms. The van der Waals surface area contributed by atoms with Crippen LogP contribution in [0.5, 0.6) is 0 Å². The van der Waals surface area contributed by atoms with Crippen molar-refractivity contribution in [1.82, 2.24) is 0 Å². The molecule has 0 fully saturated rings. The Bertz CT molecular complexity index is 199. The first-order valence-electron chi connectivity index (χ1n) is 2.79. The number of nitrogens with zero attached hydrogens (tertiary/aromatic N) is 1. The predicted octanol–water partition coefficient (Wildman–Crippen LogP) is -0.750. The average Bonchev–Trinajstić information content (AvgIpc) is 1.87. The molecule has 0 atom stereocenters. The molecule has 0 heterocycles. The lowest BCUT2D eigenvalue weighted by atomic mass is 10.2. The first-order chi connectivity index (χ1) is 5.07. The number of hydrogen-bond acceptors (Lipinski definition) is 4. The molecule has 0 aliphatic heterocycles. The van der Waals surface area contributed by atoms with Crippen LogP contribution in [-0.4, -0.2) is 27.9 Å². The van der Waals surface area contributed by atoms with Gasteiger partial charge < -0.3 is 16.1 Å². The summed E-state index contributed by atoms with van der Waals surface area (Å²) in [4.78, 5) is 20.1. The Balaban J connectivity index is 3.92. The molecule has 0 radical (unpaired) electrons. The zero-order valence-electron chi connectivity index (χ0n) is 5.65. The lowest BCUT2D eigenvalue weighted by molar-refractivity contribution is -0.136. The fourth-order valence-electron chi connectivity index (χ4n) is 0.452. The molecule has 0 amide bonds. The third kappa shape index (κ3) is 3.90. The molecule has 6 heteroatoms. The fourth-order valence-corrected chi connectivity index (χ4v) is 0.452. The molecule has 0 bridgehead atoms. The van der Waals surface area contributed by atoms with Crippen LogP contribution in [-0.2, 0) is 9.59 Å². The lowest BCUT2D eigenvalue weighted by Gasteiger charge is -1.94. The quantitative estimate of drug-likeness (QED) is 0.284. The highest BCUT2D eigenvalue weighted by molar-refractivity contribution is 6.35. The number of aliphatic carboxylic acids is 2. The van der Waals surface area contributed by atoms with Crippen molar-refractivity contribution >= 4 is 17.7 Å². The van der Waals surface area contributed by atoms with Gasteiger partial charge >= 0.3 is 11.9 Å². The van der Waals surface area contributed by atoms with Crippen LogP contribution in [0.4, 0.5) is 0 Å². The second-order valence-electron chi connectivity index (χ2n) is 1.77. The summed E-state index contributed by atoms with van der Waals surface area (Å²) >= 11 is 0. The maximum absolute atomic E-state index is 10.1. The summed E-state index contributed by atoms with van der Waals surface area (Å²) in [6.07, 6.45) is -0.427. The van der Waals surface area contributed by atoms with Crippen LogP contribution in [0.3, 0.4) is 0 Å². The number of hydrogen-bond donors (Lipinski definition) is 3. The van der Waals surface area contributed by atoms with E-state index in [4.69, 9.17) is 10.2 Å². The highest BCUT2D eigenvalue weighted by Crippen LogP contribution is 1.92. The lowest BCUT2D eigenvalue weighted by Crippen LogP contribution is -2.16. The molecule has 0 aromatic carbocycles. The average molecular weight is 160 g/mol. The maximum atomic E-state index is 10.1. The highest BCUT2D eigenvalue weighted by Gasteiger charge is 2.10. The van der Waals surface area contributed by atoms with Gasteiger partial charge in [-0.15, -0.1) is 0 Å². The van der Waals surface area contributed by atoms with Crippen molar-refractivity contribution in [2.75, 3.05) is 0 Å². The molecule has 0 aromatic heterocycles. The Morgan fingerprint density at radius 2 is 1.82 bits per heavy atom. The minimum absolute atomic E-state index is 0.152. The van der Waals surface area contributed by atoms with Crippen molar-refractivity contribution in [1.29, 1.82) is 0 Å². The van der Waals surface area contributed by atoms with Crippen LogP contribution < -0.4 is 5.84 Å². The van der Waals surface area contributed by atoms with E-state index < -0.39 is 11.9 Å². The Morgan fingerprint density at radius 1 is 1.27 bits per heavy atom. The summed E-state index contributed by atoms with van der Waals surface area (Å²) in [6, 6.07) is 0. The summed E-state index contributed by atoms with van der Waals surface area (Å²) in [5.74, 6) is 2.31. The Labute approximate surface area is 62.3 Å². The largest absolute Gasteiger partial charge is 0.481 e. The molecule has 0 saturated heterocycles. The van der Waals surface area contributed by atoms with Crippen molar-refractivity contribution < 1.29 is 19.8 Å². The van der Waals surface area contributed by atoms with Gasteiger partial charge in [0.15, 0.2) is 0 Å². The van der Waals surface area contributed by atoms with Gasteiger partial charge in [-0.25, -0.2) is 4.79 Å². The number of carboxylic acids is 2. The van der Waals surface area contributed by atoms with E-state index in [1.54, 1.807) is 0 Å². The maximum Gasteiger partial charge on any atom is 0.352 e. The zero-order valence-corrected chi connectivity index (χ0v) is 5.65. The van der Waals surface area contributed by atoms with E-state index in [-0.39, 0.29) is 18.6 Å². The number of hydrazone groups is 1. The molecule has 0 saturated carbocycles. The Morgan fingerprint density at radius 3 is 2.09 bits per heavy atom. The molecule has 0 aliphatic rings. The van der Waals surface area contributed by atoms with Gasteiger partial charge in [-0.2, -0.15) is 5.10 Å². The summed E-state index contributed by atoms with van der Waals surface area (Å²) in [6.45, 7) is 0. The van der Waals surface area contributed by atoms with Gasteiger partial charge in [0.05, 0.1) is 6.42 Å². The van der Waals surface area contributed by atoms with Crippen molar-refractivity contribution in [3.05, 3.63) is 0 Å². The fraction of sp³-hybridized carbons (Fsp3) is 0.400. The second-order valence-corrected chi connectivity index (χ2v) is 1.77. The van der Waals surface area contributed by atoms with Crippen molar-refractivity contribution in [2.45, 2.75) is 12.8 Å². The van der Waals surface area contributed by atoms with Crippen molar-refractivity contribution in [3.63, 3.8) is 0 Å². The van der Waals surface area contributed by atoms with Gasteiger partial charge in [0, 0.05) is 6.42 Å². The molecule has 0 spiro atoms. The van der Waals surface area contributed by atoms with Gasteiger partial charge in [-0.1, -0.05) is 0 Å². The van der Waals surface area contributed by atoms with E-state index in [2.05, 4.69) is 10.9 Å². The van der Waals surface area contributed by atoms with E-state index in [0.29, 0.717) is 0 Å². The van der Waals surface area contributed by atoms with Gasteiger partial charge in [-0.3, -0.25) is 4.79 Å². The molecule has 0 unspecified atom stereocenters. The van der Waals surface area contributed by atoms with Crippen LogP contribution in [0.2, 0.25) is 0 Å². The van der Waals surface area contributed by atoms with Gasteiger partial charge in [0.1, 0.15) is 5.71 Å². The van der Waals surface area contributed by atoms with Crippen LogP contribution in [0.25, 0.3) is 0 Å². The Hall–Kier alpha value is -1.59. The zero-order chi connectivity index (χ0) is 8.85. The molecule has 0 rings (SSSR count). The number of carbonyl (C=O) groups is 2. The SMILES string of the molecule is N/N=C(\CCC(=O)O)C(=O)O. The van der Waals surface area contributed by atoms with Gasteiger partial charge in [0.25, 0.3) is 0 Å². The third-order valence-corrected chi connectivity index (χ3v) is 0.978. The topological polar surface area (TPSA) is 113 Å². The number of carboxylic acid groups (broad SMARTS) is 2. The van der Waals surface area contributed by atoms with E-state index in [9.17, 15) is 9.59 Å². The summed E-state index contributed by atoms with van der Waals surface area (Å²) in [5, 5.41) is 19.3. The first-order valence-corrected chi connectivity index (χ1v) is 2.79. The third-order valence-electron chi connectivity index (χ3n) is 0.978. The van der Waals surface area contributed by atoms with E-state index >= 15 is 0 Å². The van der Waals surface area contributed by atoms with Crippen molar-refractivity contribution in [2.24, 2.45) is 10.9 Å². The highest BCUT2D eigenvalue weighted by atomic mass is 16.4. The van der Waals surface area contributed by atoms with Crippen LogP contribution in [0.15, 0.2) is 5.10 Å². The summed E-state index contributed by atoms with van der Waals surface area (Å²) in [5.41, 5.74) is -0.326. The molecule has 0 aliphatic carbocycles. The monoisotopic (exact) mass is 160 g/mol. The molecule has 4 N–H and O–H groups in total. The molecular formula is C5H8N2O4. The van der Waals surface area contributed by atoms with Crippen molar-refractivity contribution in [3.8, 4) is 0 Å². The summed E-state index contributed by atoms with van der Waals surface area (Å²) < 4.78 is 0. The standard InChI is InChI=1S/C5H8N2O4/c6-7-3(5(10)11)1-2-4(8)9/h1-2,6H2,(H,8,9)(H,10,11)/b7-3+. The molecule has 0 aromatic rings. The smallest absolute Gasteiger partial charge is 0.352 e. The predicted molar refractivity (Wildman–Crippen MR) is 36.1 cm³/mol. The minimum atomic E-state index is -1.28. The van der Waals surface area contributed by atoms with Gasteiger partial charge in [-0.05, 0) is 0 Å². The first kappa shape index (κ1) is 9.41. The van der Waals surface area contributed by atoms with E-state index in [0.717, 1.165) is 0 Å². The van der Waals surface area contributed by atoms with E-state index in [1.807, 2.05) is 0 Å². The van der Waals surface area contributed by atoms with Crippen LogP contribution >= 0.6 is 0 Å². The minimum Gasteiger partial charge on any atom is -0.481 e. The molecule has 62 valence electrons. The van der Waals surface area contributed by atoms with Crippen LogP contribution in [0, 0.1) is 0 Å². The van der Waals surface area contributed by atoms with E-state index in [1.165, 1.54) is 0 Å². The molecule has 6 nitrogen and oxygen atoms in total. The Kier molecular flexibility index (Phi) is 3.65. The number of rotatable bonds is 4. The number of nitrogens with two attached hydrogens (primary N) is 1.